The summed E-state index contributed by atoms with van der Waals surface area (Å²) in [5, 5.41) is 14.4. The predicted molar refractivity (Wildman–Crippen MR) is 72.7 cm³/mol. The fraction of sp³-hybridized carbons (Fsp3) is 0.786. The lowest BCUT2D eigenvalue weighted by molar-refractivity contribution is 0.120. The van der Waals surface area contributed by atoms with E-state index in [9.17, 15) is 5.11 Å². The molecule has 0 spiro atoms. The van der Waals surface area contributed by atoms with Gasteiger partial charge in [0.15, 0.2) is 0 Å². The van der Waals surface area contributed by atoms with Crippen LogP contribution in [0.2, 0.25) is 0 Å². The Morgan fingerprint density at radius 1 is 1.28 bits per heavy atom. The molecule has 0 aliphatic heterocycles. The summed E-state index contributed by atoms with van der Waals surface area (Å²) in [6.07, 6.45) is 2.59. The molecule has 1 aromatic heterocycles. The van der Waals surface area contributed by atoms with E-state index < -0.39 is 6.10 Å². The van der Waals surface area contributed by atoms with Gasteiger partial charge in [-0.05, 0) is 26.7 Å². The van der Waals surface area contributed by atoms with Gasteiger partial charge in [-0.3, -0.25) is 4.68 Å². The van der Waals surface area contributed by atoms with E-state index in [1.165, 1.54) is 0 Å². The molecular formula is C14H26N2O2. The Morgan fingerprint density at radius 2 is 2.00 bits per heavy atom. The van der Waals surface area contributed by atoms with E-state index in [-0.39, 0.29) is 0 Å². The Kier molecular flexibility index (Phi) is 6.36. The second-order valence-corrected chi connectivity index (χ2v) is 4.70. The molecule has 0 saturated carbocycles. The minimum atomic E-state index is -0.403. The molecule has 0 saturated heterocycles. The summed E-state index contributed by atoms with van der Waals surface area (Å²) >= 11 is 0. The highest BCUT2D eigenvalue weighted by Gasteiger charge is 2.17. The van der Waals surface area contributed by atoms with E-state index in [0.29, 0.717) is 6.61 Å². The predicted octanol–water partition coefficient (Wildman–Crippen LogP) is 2.76. The number of hydrogen-bond donors (Lipinski definition) is 1. The van der Waals surface area contributed by atoms with Crippen molar-refractivity contribution >= 4 is 0 Å². The lowest BCUT2D eigenvalue weighted by Gasteiger charge is -2.09. The maximum absolute atomic E-state index is 9.96. The average Bonchev–Trinajstić information content (AvgIpc) is 2.63. The van der Waals surface area contributed by atoms with Crippen LogP contribution in [0.3, 0.4) is 0 Å². The van der Waals surface area contributed by atoms with Gasteiger partial charge in [-0.25, -0.2) is 0 Å². The molecule has 18 heavy (non-hydrogen) atoms. The van der Waals surface area contributed by atoms with Crippen molar-refractivity contribution in [1.82, 2.24) is 9.78 Å². The zero-order valence-corrected chi connectivity index (χ0v) is 12.1. The van der Waals surface area contributed by atoms with Gasteiger partial charge in [0.05, 0.1) is 24.9 Å². The van der Waals surface area contributed by atoms with Gasteiger partial charge >= 0.3 is 0 Å². The minimum Gasteiger partial charge on any atom is -0.388 e. The highest BCUT2D eigenvalue weighted by atomic mass is 16.5. The largest absolute Gasteiger partial charge is 0.388 e. The number of aromatic nitrogens is 2. The zero-order chi connectivity index (χ0) is 13.5. The standard InChI is InChI=1S/C14H26N2O2/c1-5-7-9-18-10-8-16-12(4)14(11(3)15-16)13(17)6-2/h13,17H,5-10H2,1-4H3. The van der Waals surface area contributed by atoms with Crippen LogP contribution in [0.1, 0.15) is 56.2 Å². The van der Waals surface area contributed by atoms with Gasteiger partial charge in [0.2, 0.25) is 0 Å². The van der Waals surface area contributed by atoms with Gasteiger partial charge in [0.25, 0.3) is 0 Å². The lowest BCUT2D eigenvalue weighted by atomic mass is 10.1. The summed E-state index contributed by atoms with van der Waals surface area (Å²) in [6, 6.07) is 0. The van der Waals surface area contributed by atoms with E-state index in [4.69, 9.17) is 4.74 Å². The van der Waals surface area contributed by atoms with Crippen molar-refractivity contribution in [1.29, 1.82) is 0 Å². The molecule has 4 nitrogen and oxygen atoms in total. The number of ether oxygens (including phenoxy) is 1. The van der Waals surface area contributed by atoms with Crippen molar-refractivity contribution in [2.75, 3.05) is 13.2 Å². The third-order valence-corrected chi connectivity index (χ3v) is 3.25. The Hall–Kier alpha value is -0.870. The Labute approximate surface area is 110 Å². The summed E-state index contributed by atoms with van der Waals surface area (Å²) in [5.41, 5.74) is 2.96. The van der Waals surface area contributed by atoms with Crippen LogP contribution in [-0.2, 0) is 11.3 Å². The molecule has 104 valence electrons. The average molecular weight is 254 g/mol. The van der Waals surface area contributed by atoms with Crippen molar-refractivity contribution in [2.45, 2.75) is 59.6 Å². The molecule has 0 bridgehead atoms. The number of rotatable bonds is 8. The van der Waals surface area contributed by atoms with Gasteiger partial charge in [0.1, 0.15) is 0 Å². The SMILES string of the molecule is CCCCOCCn1nc(C)c(C(O)CC)c1C. The van der Waals surface area contributed by atoms with E-state index in [1.807, 2.05) is 25.5 Å². The number of hydrogen-bond acceptors (Lipinski definition) is 3. The molecule has 1 N–H and O–H groups in total. The quantitative estimate of drug-likeness (QED) is 0.726. The fourth-order valence-electron chi connectivity index (χ4n) is 2.11. The first-order valence-corrected chi connectivity index (χ1v) is 6.91. The Bertz CT molecular complexity index is 361. The molecular weight excluding hydrogens is 228 g/mol. The van der Waals surface area contributed by atoms with Gasteiger partial charge < -0.3 is 9.84 Å². The van der Waals surface area contributed by atoms with Gasteiger partial charge in [0, 0.05) is 17.9 Å². The monoisotopic (exact) mass is 254 g/mol. The molecule has 1 rings (SSSR count). The van der Waals surface area contributed by atoms with E-state index in [0.717, 1.165) is 49.4 Å². The molecule has 4 heteroatoms. The van der Waals surface area contributed by atoms with Crippen molar-refractivity contribution in [2.24, 2.45) is 0 Å². The molecule has 1 heterocycles. The summed E-state index contributed by atoms with van der Waals surface area (Å²) in [5.74, 6) is 0. The summed E-state index contributed by atoms with van der Waals surface area (Å²) < 4.78 is 7.49. The summed E-state index contributed by atoms with van der Waals surface area (Å²) in [4.78, 5) is 0. The van der Waals surface area contributed by atoms with Crippen LogP contribution < -0.4 is 0 Å². The second-order valence-electron chi connectivity index (χ2n) is 4.70. The number of unbranched alkanes of at least 4 members (excludes halogenated alkanes) is 1. The number of nitrogens with zero attached hydrogens (tertiary/aromatic N) is 2. The molecule has 0 aliphatic carbocycles. The van der Waals surface area contributed by atoms with Gasteiger partial charge in [-0.15, -0.1) is 0 Å². The van der Waals surface area contributed by atoms with Crippen LogP contribution in [0.5, 0.6) is 0 Å². The van der Waals surface area contributed by atoms with Crippen LogP contribution in [0.25, 0.3) is 0 Å². The van der Waals surface area contributed by atoms with Crippen LogP contribution >= 0.6 is 0 Å². The van der Waals surface area contributed by atoms with Crippen LogP contribution in [-0.4, -0.2) is 28.1 Å². The van der Waals surface area contributed by atoms with Crippen LogP contribution in [0.4, 0.5) is 0 Å². The van der Waals surface area contributed by atoms with Crippen molar-refractivity contribution < 1.29 is 9.84 Å². The minimum absolute atomic E-state index is 0.403. The highest BCUT2D eigenvalue weighted by molar-refractivity contribution is 5.26. The van der Waals surface area contributed by atoms with Crippen LogP contribution in [0.15, 0.2) is 0 Å². The van der Waals surface area contributed by atoms with E-state index in [2.05, 4.69) is 12.0 Å². The highest BCUT2D eigenvalue weighted by Crippen LogP contribution is 2.23. The topological polar surface area (TPSA) is 47.3 Å². The molecule has 0 aromatic carbocycles. The van der Waals surface area contributed by atoms with Crippen molar-refractivity contribution in [3.8, 4) is 0 Å². The molecule has 0 aliphatic rings. The number of aliphatic hydroxyl groups is 1. The maximum atomic E-state index is 9.96. The maximum Gasteiger partial charge on any atom is 0.0823 e. The van der Waals surface area contributed by atoms with E-state index in [1.54, 1.807) is 0 Å². The van der Waals surface area contributed by atoms with Crippen LogP contribution in [0, 0.1) is 13.8 Å². The first kappa shape index (κ1) is 15.2. The Balaban J connectivity index is 2.57. The van der Waals surface area contributed by atoms with Crippen molar-refractivity contribution in [3.05, 3.63) is 17.0 Å². The molecule has 0 fully saturated rings. The zero-order valence-electron chi connectivity index (χ0n) is 12.1. The number of aryl methyl sites for hydroxylation is 1. The summed E-state index contributed by atoms with van der Waals surface area (Å²) in [6.45, 7) is 10.4. The lowest BCUT2D eigenvalue weighted by Crippen LogP contribution is -2.10. The summed E-state index contributed by atoms with van der Waals surface area (Å²) in [7, 11) is 0. The molecule has 0 amide bonds. The fourth-order valence-corrected chi connectivity index (χ4v) is 2.11. The second kappa shape index (κ2) is 7.54. The first-order valence-electron chi connectivity index (χ1n) is 6.91. The molecule has 0 radical (unpaired) electrons. The molecule has 1 unspecified atom stereocenters. The third-order valence-electron chi connectivity index (χ3n) is 3.25. The Morgan fingerprint density at radius 3 is 2.61 bits per heavy atom. The number of aliphatic hydroxyl groups excluding tert-OH is 1. The van der Waals surface area contributed by atoms with E-state index >= 15 is 0 Å². The molecule has 1 atom stereocenters. The molecule has 1 aromatic rings. The smallest absolute Gasteiger partial charge is 0.0823 e. The normalized spacial score (nSPS) is 12.9. The van der Waals surface area contributed by atoms with Gasteiger partial charge in [-0.1, -0.05) is 20.3 Å². The van der Waals surface area contributed by atoms with Gasteiger partial charge in [-0.2, -0.15) is 5.10 Å². The van der Waals surface area contributed by atoms with Crippen molar-refractivity contribution in [3.63, 3.8) is 0 Å². The third kappa shape index (κ3) is 3.82. The first-order chi connectivity index (χ1) is 8.61.